The maximum Gasteiger partial charge on any atom is 0.243 e. The number of amides is 2. The summed E-state index contributed by atoms with van der Waals surface area (Å²) in [6, 6.07) is 5.77. The predicted octanol–water partition coefficient (Wildman–Crippen LogP) is 0.0324. The molecule has 0 unspecified atom stereocenters. The van der Waals surface area contributed by atoms with Crippen LogP contribution in [0.1, 0.15) is 20.8 Å². The van der Waals surface area contributed by atoms with Gasteiger partial charge in [-0.1, -0.05) is 0 Å². The van der Waals surface area contributed by atoms with Crippen LogP contribution in [0.2, 0.25) is 0 Å². The van der Waals surface area contributed by atoms with Crippen molar-refractivity contribution in [3.63, 3.8) is 0 Å². The van der Waals surface area contributed by atoms with E-state index in [1.807, 2.05) is 18.7 Å². The molecule has 1 aromatic carbocycles. The molecule has 0 aromatic heterocycles. The molecule has 1 heterocycles. The Balaban J connectivity index is 1.86. The highest BCUT2D eigenvalue weighted by molar-refractivity contribution is 7.89. The summed E-state index contributed by atoms with van der Waals surface area (Å²) in [5.74, 6) is 0.141. The Kier molecular flexibility index (Phi) is 8.42. The Bertz CT molecular complexity index is 789. The van der Waals surface area contributed by atoms with E-state index in [0.29, 0.717) is 45.1 Å². The number of hydrogen-bond acceptors (Lipinski definition) is 6. The standard InChI is InChI=1S/C19H30N4O5S/c1-4-20-19(25)15(3)21-18(24)14-22-10-12-23(13-11-22)29(26,27)17-8-6-16(7-9-17)28-5-2/h6-9,15H,4-5,10-14H2,1-3H3,(H,20,25)(H,21,24)/t15-/m1/s1. The van der Waals surface area contributed by atoms with Crippen LogP contribution < -0.4 is 15.4 Å². The first-order valence-electron chi connectivity index (χ1n) is 9.80. The SMILES string of the molecule is CCNC(=O)[C@@H](C)NC(=O)CN1CCN(S(=O)(=O)c2ccc(OCC)cc2)CC1. The van der Waals surface area contributed by atoms with Crippen LogP contribution in [-0.4, -0.2) is 81.4 Å². The van der Waals surface area contributed by atoms with Crippen molar-refractivity contribution in [2.45, 2.75) is 31.7 Å². The first-order valence-corrected chi connectivity index (χ1v) is 11.2. The maximum absolute atomic E-state index is 12.8. The minimum atomic E-state index is -3.58. The first kappa shape index (κ1) is 23.1. The van der Waals surface area contributed by atoms with Crippen LogP contribution in [-0.2, 0) is 19.6 Å². The van der Waals surface area contributed by atoms with Crippen LogP contribution in [0.5, 0.6) is 5.75 Å². The molecule has 0 aliphatic carbocycles. The van der Waals surface area contributed by atoms with Crippen LogP contribution in [0.15, 0.2) is 29.2 Å². The number of carbonyl (C=O) groups excluding carboxylic acids is 2. The molecule has 1 aliphatic rings. The zero-order chi connectivity index (χ0) is 21.4. The minimum absolute atomic E-state index is 0.126. The Morgan fingerprint density at radius 1 is 1.10 bits per heavy atom. The van der Waals surface area contributed by atoms with E-state index in [0.717, 1.165) is 0 Å². The fraction of sp³-hybridized carbons (Fsp3) is 0.579. The first-order chi connectivity index (χ1) is 13.8. The van der Waals surface area contributed by atoms with E-state index in [-0.39, 0.29) is 23.3 Å². The van der Waals surface area contributed by atoms with E-state index in [4.69, 9.17) is 4.74 Å². The van der Waals surface area contributed by atoms with Gasteiger partial charge in [-0.05, 0) is 45.0 Å². The molecule has 0 radical (unpaired) electrons. The second kappa shape index (κ2) is 10.6. The second-order valence-electron chi connectivity index (χ2n) is 6.77. The summed E-state index contributed by atoms with van der Waals surface area (Å²) < 4.78 is 32.4. The van der Waals surface area contributed by atoms with Crippen molar-refractivity contribution in [3.8, 4) is 5.75 Å². The summed E-state index contributed by atoms with van der Waals surface area (Å²) in [7, 11) is -3.58. The van der Waals surface area contributed by atoms with E-state index >= 15 is 0 Å². The van der Waals surface area contributed by atoms with Gasteiger partial charge in [0.25, 0.3) is 0 Å². The van der Waals surface area contributed by atoms with E-state index in [2.05, 4.69) is 10.6 Å². The molecule has 29 heavy (non-hydrogen) atoms. The van der Waals surface area contributed by atoms with Crippen molar-refractivity contribution >= 4 is 21.8 Å². The van der Waals surface area contributed by atoms with Crippen LogP contribution in [0.4, 0.5) is 0 Å². The summed E-state index contributed by atoms with van der Waals surface area (Å²) in [6.45, 7) is 7.94. The highest BCUT2D eigenvalue weighted by atomic mass is 32.2. The smallest absolute Gasteiger partial charge is 0.243 e. The molecule has 9 nitrogen and oxygen atoms in total. The zero-order valence-electron chi connectivity index (χ0n) is 17.2. The van der Waals surface area contributed by atoms with Crippen LogP contribution in [0.3, 0.4) is 0 Å². The Hall–Kier alpha value is -2.17. The van der Waals surface area contributed by atoms with Gasteiger partial charge in [0.2, 0.25) is 21.8 Å². The van der Waals surface area contributed by atoms with Gasteiger partial charge in [-0.3, -0.25) is 14.5 Å². The number of likely N-dealkylation sites (N-methyl/N-ethyl adjacent to an activating group) is 1. The third-order valence-electron chi connectivity index (χ3n) is 4.59. The number of hydrogen-bond donors (Lipinski definition) is 2. The van der Waals surface area contributed by atoms with Crippen LogP contribution in [0.25, 0.3) is 0 Å². The molecule has 162 valence electrons. The maximum atomic E-state index is 12.8. The van der Waals surface area contributed by atoms with Gasteiger partial charge in [0.1, 0.15) is 11.8 Å². The number of nitrogens with one attached hydrogen (secondary N) is 2. The molecule has 2 N–H and O–H groups in total. The van der Waals surface area contributed by atoms with E-state index in [9.17, 15) is 18.0 Å². The summed E-state index contributed by atoms with van der Waals surface area (Å²) >= 11 is 0. The van der Waals surface area contributed by atoms with Gasteiger partial charge in [-0.15, -0.1) is 0 Å². The molecule has 1 aromatic rings. The van der Waals surface area contributed by atoms with Crippen molar-refractivity contribution in [1.82, 2.24) is 19.8 Å². The van der Waals surface area contributed by atoms with Crippen molar-refractivity contribution in [1.29, 1.82) is 0 Å². The summed E-state index contributed by atoms with van der Waals surface area (Å²) in [4.78, 5) is 25.9. The lowest BCUT2D eigenvalue weighted by molar-refractivity contribution is -0.129. The number of nitrogens with zero attached hydrogens (tertiary/aromatic N) is 2. The average Bonchev–Trinajstić information content (AvgIpc) is 2.69. The van der Waals surface area contributed by atoms with E-state index in [1.165, 1.54) is 4.31 Å². The van der Waals surface area contributed by atoms with E-state index in [1.54, 1.807) is 31.2 Å². The zero-order valence-corrected chi connectivity index (χ0v) is 18.0. The highest BCUT2D eigenvalue weighted by Gasteiger charge is 2.29. The molecule has 0 spiro atoms. The quantitative estimate of drug-likeness (QED) is 0.577. The molecule has 1 saturated heterocycles. The van der Waals surface area contributed by atoms with Gasteiger partial charge < -0.3 is 15.4 Å². The predicted molar refractivity (Wildman–Crippen MR) is 109 cm³/mol. The van der Waals surface area contributed by atoms with Gasteiger partial charge in [0, 0.05) is 32.7 Å². The number of benzene rings is 1. The number of piperazine rings is 1. The van der Waals surface area contributed by atoms with Gasteiger partial charge in [-0.2, -0.15) is 4.31 Å². The van der Waals surface area contributed by atoms with Gasteiger partial charge >= 0.3 is 0 Å². The fourth-order valence-corrected chi connectivity index (χ4v) is 4.46. The van der Waals surface area contributed by atoms with E-state index < -0.39 is 16.1 Å². The largest absolute Gasteiger partial charge is 0.494 e. The molecule has 10 heteroatoms. The van der Waals surface area contributed by atoms with Crippen LogP contribution in [0, 0.1) is 0 Å². The summed E-state index contributed by atoms with van der Waals surface area (Å²) in [5.41, 5.74) is 0. The van der Waals surface area contributed by atoms with Crippen molar-refractivity contribution in [2.75, 3.05) is 45.9 Å². The van der Waals surface area contributed by atoms with Gasteiger partial charge in [-0.25, -0.2) is 8.42 Å². The summed E-state index contributed by atoms with van der Waals surface area (Å²) in [5, 5.41) is 5.31. The number of rotatable bonds is 9. The minimum Gasteiger partial charge on any atom is -0.494 e. The molecule has 1 fully saturated rings. The third kappa shape index (κ3) is 6.41. The monoisotopic (exact) mass is 426 g/mol. The second-order valence-corrected chi connectivity index (χ2v) is 8.71. The summed E-state index contributed by atoms with van der Waals surface area (Å²) in [6.07, 6.45) is 0. The van der Waals surface area contributed by atoms with Crippen molar-refractivity contribution < 1.29 is 22.7 Å². The Labute approximate surface area is 172 Å². The van der Waals surface area contributed by atoms with Gasteiger partial charge in [0.05, 0.1) is 18.0 Å². The molecular formula is C19H30N4O5S. The fourth-order valence-electron chi connectivity index (χ4n) is 3.03. The third-order valence-corrected chi connectivity index (χ3v) is 6.51. The lowest BCUT2D eigenvalue weighted by Crippen LogP contribution is -2.53. The lowest BCUT2D eigenvalue weighted by Gasteiger charge is -2.33. The molecule has 1 aliphatic heterocycles. The van der Waals surface area contributed by atoms with Crippen molar-refractivity contribution in [2.24, 2.45) is 0 Å². The van der Waals surface area contributed by atoms with Crippen LogP contribution >= 0.6 is 0 Å². The molecule has 1 atom stereocenters. The molecule has 2 rings (SSSR count). The molecular weight excluding hydrogens is 396 g/mol. The van der Waals surface area contributed by atoms with Crippen molar-refractivity contribution in [3.05, 3.63) is 24.3 Å². The average molecular weight is 427 g/mol. The Morgan fingerprint density at radius 2 is 1.72 bits per heavy atom. The normalized spacial score (nSPS) is 16.8. The molecule has 0 bridgehead atoms. The Morgan fingerprint density at radius 3 is 2.28 bits per heavy atom. The molecule has 0 saturated carbocycles. The van der Waals surface area contributed by atoms with Gasteiger partial charge in [0.15, 0.2) is 0 Å². The lowest BCUT2D eigenvalue weighted by atomic mass is 10.3. The topological polar surface area (TPSA) is 108 Å². The number of sulfonamides is 1. The number of carbonyl (C=O) groups is 2. The molecule has 2 amide bonds. The number of ether oxygens (including phenoxy) is 1. The highest BCUT2D eigenvalue weighted by Crippen LogP contribution is 2.20.